The van der Waals surface area contributed by atoms with Gasteiger partial charge >= 0.3 is 12.0 Å². The van der Waals surface area contributed by atoms with Crippen molar-refractivity contribution in [1.29, 1.82) is 0 Å². The van der Waals surface area contributed by atoms with Crippen molar-refractivity contribution >= 4 is 28.7 Å². The second-order valence-corrected chi connectivity index (χ2v) is 6.03. The number of amides is 3. The van der Waals surface area contributed by atoms with Crippen molar-refractivity contribution in [2.75, 3.05) is 7.11 Å². The lowest BCUT2D eigenvalue weighted by molar-refractivity contribution is -0.127. The largest absolute Gasteiger partial charge is 0.496 e. The fourth-order valence-electron chi connectivity index (χ4n) is 2.42. The predicted octanol–water partition coefficient (Wildman–Crippen LogP) is 2.63. The molecule has 0 bridgehead atoms. The van der Waals surface area contributed by atoms with Gasteiger partial charge in [-0.15, -0.1) is 0 Å². The van der Waals surface area contributed by atoms with Crippen LogP contribution in [0.4, 0.5) is 4.79 Å². The van der Waals surface area contributed by atoms with E-state index in [-0.39, 0.29) is 6.04 Å². The number of rotatable bonds is 5. The van der Waals surface area contributed by atoms with Crippen LogP contribution < -0.4 is 15.4 Å². The van der Waals surface area contributed by atoms with Crippen LogP contribution in [0.3, 0.4) is 0 Å². The molecule has 0 aromatic heterocycles. The van der Waals surface area contributed by atoms with Crippen LogP contribution in [0.25, 0.3) is 10.8 Å². The Morgan fingerprint density at radius 1 is 0.962 bits per heavy atom. The van der Waals surface area contributed by atoms with Gasteiger partial charge in [-0.2, -0.15) is 0 Å². The van der Waals surface area contributed by atoms with Crippen molar-refractivity contribution in [2.24, 2.45) is 0 Å². The van der Waals surface area contributed by atoms with Crippen molar-refractivity contribution in [1.82, 2.24) is 10.6 Å². The molecule has 0 heterocycles. The molecule has 0 fully saturated rings. The minimum absolute atomic E-state index is 0.119. The Morgan fingerprint density at radius 2 is 1.62 bits per heavy atom. The van der Waals surface area contributed by atoms with Crippen LogP contribution >= 0.6 is 0 Å². The van der Waals surface area contributed by atoms with Crippen LogP contribution in [0.1, 0.15) is 31.1 Å². The van der Waals surface area contributed by atoms with Crippen molar-refractivity contribution in [2.45, 2.75) is 32.9 Å². The highest BCUT2D eigenvalue weighted by atomic mass is 16.5. The number of fused-ring (bicyclic) bond motifs is 1. The summed E-state index contributed by atoms with van der Waals surface area (Å²) in [6, 6.07) is 9.73. The molecule has 2 rings (SSSR count). The molecule has 0 spiro atoms. The topological polar surface area (TPSA) is 93.7 Å². The van der Waals surface area contributed by atoms with Crippen LogP contribution in [-0.4, -0.2) is 37.2 Å². The smallest absolute Gasteiger partial charge is 0.339 e. The molecule has 0 radical (unpaired) electrons. The second-order valence-electron chi connectivity index (χ2n) is 6.03. The van der Waals surface area contributed by atoms with Crippen LogP contribution in [0, 0.1) is 0 Å². The summed E-state index contributed by atoms with van der Waals surface area (Å²) in [5.41, 5.74) is 0.313. The summed E-state index contributed by atoms with van der Waals surface area (Å²) in [5, 5.41) is 6.08. The van der Waals surface area contributed by atoms with Gasteiger partial charge in [-0.3, -0.25) is 10.1 Å². The molecule has 26 heavy (non-hydrogen) atoms. The van der Waals surface area contributed by atoms with E-state index in [0.29, 0.717) is 16.7 Å². The Kier molecular flexibility index (Phi) is 6.16. The summed E-state index contributed by atoms with van der Waals surface area (Å²) in [4.78, 5) is 36.1. The molecule has 0 saturated carbocycles. The first kappa shape index (κ1) is 19.2. The predicted molar refractivity (Wildman–Crippen MR) is 97.2 cm³/mol. The molecule has 7 nitrogen and oxygen atoms in total. The Morgan fingerprint density at radius 3 is 2.23 bits per heavy atom. The summed E-state index contributed by atoms with van der Waals surface area (Å²) in [6.45, 7) is 4.94. The van der Waals surface area contributed by atoms with E-state index in [1.54, 1.807) is 45.2 Å². The Labute approximate surface area is 151 Å². The summed E-state index contributed by atoms with van der Waals surface area (Å²) in [5.74, 6) is -0.724. The molecule has 2 aromatic rings. The van der Waals surface area contributed by atoms with Crippen LogP contribution in [0.2, 0.25) is 0 Å². The number of benzene rings is 2. The monoisotopic (exact) mass is 358 g/mol. The summed E-state index contributed by atoms with van der Waals surface area (Å²) < 4.78 is 10.5. The quantitative estimate of drug-likeness (QED) is 0.802. The third kappa shape index (κ3) is 4.50. The number of urea groups is 1. The molecule has 0 saturated heterocycles. The maximum absolute atomic E-state index is 12.5. The minimum Gasteiger partial charge on any atom is -0.496 e. The minimum atomic E-state index is -1.12. The normalized spacial score (nSPS) is 11.7. The van der Waals surface area contributed by atoms with Crippen molar-refractivity contribution in [3.8, 4) is 5.75 Å². The molecular formula is C19H22N2O5. The molecule has 7 heteroatoms. The first-order chi connectivity index (χ1) is 12.3. The number of imide groups is 1. The first-order valence-corrected chi connectivity index (χ1v) is 8.21. The van der Waals surface area contributed by atoms with Crippen molar-refractivity contribution in [3.05, 3.63) is 42.0 Å². The van der Waals surface area contributed by atoms with Crippen LogP contribution in [0.5, 0.6) is 5.75 Å². The van der Waals surface area contributed by atoms with Gasteiger partial charge in [-0.1, -0.05) is 24.3 Å². The highest BCUT2D eigenvalue weighted by molar-refractivity contribution is 6.07. The zero-order valence-corrected chi connectivity index (χ0v) is 15.2. The van der Waals surface area contributed by atoms with Gasteiger partial charge in [0, 0.05) is 11.4 Å². The van der Waals surface area contributed by atoms with E-state index in [4.69, 9.17) is 9.47 Å². The van der Waals surface area contributed by atoms with Crippen LogP contribution in [0.15, 0.2) is 36.4 Å². The van der Waals surface area contributed by atoms with Crippen LogP contribution in [-0.2, 0) is 9.53 Å². The Hall–Kier alpha value is -3.09. The highest BCUT2D eigenvalue weighted by Gasteiger charge is 2.22. The van der Waals surface area contributed by atoms with Gasteiger partial charge in [0.15, 0.2) is 6.10 Å². The lowest BCUT2D eigenvalue weighted by Gasteiger charge is -2.15. The average molecular weight is 358 g/mol. The number of carbonyl (C=O) groups is 3. The number of methoxy groups -OCH3 is 1. The van der Waals surface area contributed by atoms with Crippen molar-refractivity contribution < 1.29 is 23.9 Å². The van der Waals surface area contributed by atoms with Gasteiger partial charge in [-0.25, -0.2) is 9.59 Å². The first-order valence-electron chi connectivity index (χ1n) is 8.21. The zero-order chi connectivity index (χ0) is 19.3. The molecule has 1 atom stereocenters. The fraction of sp³-hybridized carbons (Fsp3) is 0.316. The Balaban J connectivity index is 2.14. The number of carbonyl (C=O) groups excluding carboxylic acids is 3. The number of hydrogen-bond donors (Lipinski definition) is 2. The van der Waals surface area contributed by atoms with Gasteiger partial charge in [0.25, 0.3) is 5.91 Å². The van der Waals surface area contributed by atoms with E-state index in [0.717, 1.165) is 5.39 Å². The molecule has 138 valence electrons. The van der Waals surface area contributed by atoms with Gasteiger partial charge in [-0.05, 0) is 38.3 Å². The lowest BCUT2D eigenvalue weighted by atomic mass is 10.0. The lowest BCUT2D eigenvalue weighted by Crippen LogP contribution is -2.46. The second kappa shape index (κ2) is 8.33. The molecular weight excluding hydrogens is 336 g/mol. The molecule has 2 N–H and O–H groups in total. The summed E-state index contributed by atoms with van der Waals surface area (Å²) in [6.07, 6.45) is -1.12. The van der Waals surface area contributed by atoms with Gasteiger partial charge in [0.05, 0.1) is 12.7 Å². The third-order valence-corrected chi connectivity index (χ3v) is 3.63. The zero-order valence-electron chi connectivity index (χ0n) is 15.2. The third-order valence-electron chi connectivity index (χ3n) is 3.63. The fourth-order valence-corrected chi connectivity index (χ4v) is 2.42. The number of hydrogen-bond acceptors (Lipinski definition) is 5. The van der Waals surface area contributed by atoms with E-state index in [9.17, 15) is 14.4 Å². The van der Waals surface area contributed by atoms with Gasteiger partial charge in [0.2, 0.25) is 0 Å². The highest BCUT2D eigenvalue weighted by Crippen LogP contribution is 2.28. The number of nitrogens with one attached hydrogen (secondary N) is 2. The summed E-state index contributed by atoms with van der Waals surface area (Å²) >= 11 is 0. The molecule has 0 aliphatic carbocycles. The Bertz CT molecular complexity index is 832. The van der Waals surface area contributed by atoms with Gasteiger partial charge < -0.3 is 14.8 Å². The average Bonchev–Trinajstić information content (AvgIpc) is 2.59. The molecule has 3 amide bonds. The van der Waals surface area contributed by atoms with E-state index in [2.05, 4.69) is 10.6 Å². The van der Waals surface area contributed by atoms with Gasteiger partial charge in [0.1, 0.15) is 5.75 Å². The summed E-state index contributed by atoms with van der Waals surface area (Å²) in [7, 11) is 1.55. The van der Waals surface area contributed by atoms with E-state index >= 15 is 0 Å². The van der Waals surface area contributed by atoms with E-state index in [1.807, 2.05) is 12.1 Å². The SMILES string of the molecule is COc1ccc(C(=O)O[C@H](C)C(=O)NC(=O)NC(C)C)c2ccccc12. The van der Waals surface area contributed by atoms with Crippen molar-refractivity contribution in [3.63, 3.8) is 0 Å². The maximum Gasteiger partial charge on any atom is 0.339 e. The number of esters is 1. The standard InChI is InChI=1S/C19H22N2O5/c1-11(2)20-19(24)21-17(22)12(3)26-18(23)15-9-10-16(25-4)14-8-6-5-7-13(14)15/h5-12H,1-4H3,(H2,20,21,22,24)/t12-/m1/s1. The molecule has 0 aliphatic heterocycles. The molecule has 0 unspecified atom stereocenters. The molecule has 0 aliphatic rings. The van der Waals surface area contributed by atoms with E-state index in [1.165, 1.54) is 6.92 Å². The molecule has 2 aromatic carbocycles. The maximum atomic E-state index is 12.5. The number of ether oxygens (including phenoxy) is 2. The van der Waals surface area contributed by atoms with E-state index < -0.39 is 24.0 Å².